The van der Waals surface area contributed by atoms with Gasteiger partial charge in [-0.2, -0.15) is 0 Å². The molecular weight excluding hydrogens is 336 g/mol. The van der Waals surface area contributed by atoms with Crippen molar-refractivity contribution in [1.29, 1.82) is 0 Å². The molecule has 2 aromatic rings. The van der Waals surface area contributed by atoms with Gasteiger partial charge in [0, 0.05) is 22.6 Å². The average Bonchev–Trinajstić information content (AvgIpc) is 2.68. The largest absolute Gasteiger partial charge is 0.497 e. The van der Waals surface area contributed by atoms with Gasteiger partial charge in [-0.3, -0.25) is 0 Å². The van der Waals surface area contributed by atoms with Crippen LogP contribution in [0, 0.1) is 18.6 Å². The first-order chi connectivity index (χ1) is 8.93. The van der Waals surface area contributed by atoms with E-state index in [1.165, 1.54) is 18.4 Å². The van der Waals surface area contributed by atoms with E-state index in [1.807, 2.05) is 13.0 Å². The highest BCUT2D eigenvalue weighted by atomic mass is 79.9. The first-order valence-corrected chi connectivity index (χ1v) is 7.09. The van der Waals surface area contributed by atoms with Gasteiger partial charge in [-0.25, -0.2) is 8.78 Å². The Morgan fingerprint density at radius 3 is 2.26 bits per heavy atom. The molecule has 0 bridgehead atoms. The predicted molar refractivity (Wildman–Crippen MR) is 75.7 cm³/mol. The second-order valence-corrected chi connectivity index (χ2v) is 6.49. The monoisotopic (exact) mass is 347 g/mol. The lowest BCUT2D eigenvalue weighted by atomic mass is 10.0. The number of aryl methyl sites for hydroxylation is 1. The maximum Gasteiger partial charge on any atom is 0.134 e. The van der Waals surface area contributed by atoms with Gasteiger partial charge in [-0.1, -0.05) is 0 Å². The van der Waals surface area contributed by atoms with E-state index in [0.717, 1.165) is 21.5 Å². The Bertz CT molecular complexity index is 572. The van der Waals surface area contributed by atoms with E-state index in [2.05, 4.69) is 15.9 Å². The molecule has 1 heterocycles. The van der Waals surface area contributed by atoms with Crippen LogP contribution in [0.4, 0.5) is 8.78 Å². The summed E-state index contributed by atoms with van der Waals surface area (Å²) in [6.45, 7) is 1.90. The van der Waals surface area contributed by atoms with Crippen molar-refractivity contribution in [3.8, 4) is 5.75 Å². The van der Waals surface area contributed by atoms with Crippen LogP contribution in [-0.4, -0.2) is 7.11 Å². The fourth-order valence-electron chi connectivity index (χ4n) is 1.76. The molecule has 0 aliphatic heterocycles. The molecule has 2 rings (SSSR count). The number of nitrogens with two attached hydrogens (primary N) is 1. The summed E-state index contributed by atoms with van der Waals surface area (Å²) in [6.07, 6.45) is 0. The first-order valence-electron chi connectivity index (χ1n) is 5.48. The van der Waals surface area contributed by atoms with Gasteiger partial charge in [0.1, 0.15) is 17.4 Å². The van der Waals surface area contributed by atoms with Crippen LogP contribution in [0.1, 0.15) is 22.0 Å². The topological polar surface area (TPSA) is 35.2 Å². The smallest absolute Gasteiger partial charge is 0.134 e. The molecular formula is C13H12BrF2NOS. The van der Waals surface area contributed by atoms with E-state index in [-0.39, 0.29) is 11.3 Å². The van der Waals surface area contributed by atoms with Crippen molar-refractivity contribution < 1.29 is 13.5 Å². The maximum atomic E-state index is 13.9. The fourth-order valence-corrected chi connectivity index (χ4v) is 3.34. The van der Waals surface area contributed by atoms with E-state index < -0.39 is 17.7 Å². The normalized spacial score (nSPS) is 12.5. The fraction of sp³-hybridized carbons (Fsp3) is 0.231. The molecule has 1 aromatic heterocycles. The van der Waals surface area contributed by atoms with Crippen molar-refractivity contribution in [2.75, 3.05) is 7.11 Å². The zero-order valence-electron chi connectivity index (χ0n) is 10.3. The Hall–Kier alpha value is -0.980. The quantitative estimate of drug-likeness (QED) is 0.904. The number of thiophene rings is 1. The number of hydrogen-bond acceptors (Lipinski definition) is 3. The molecule has 6 heteroatoms. The van der Waals surface area contributed by atoms with Crippen molar-refractivity contribution >= 4 is 27.3 Å². The Morgan fingerprint density at radius 2 is 1.84 bits per heavy atom. The Labute approximate surface area is 122 Å². The number of hydrogen-bond donors (Lipinski definition) is 1. The molecule has 19 heavy (non-hydrogen) atoms. The summed E-state index contributed by atoms with van der Waals surface area (Å²) < 4.78 is 33.6. The van der Waals surface area contributed by atoms with Gasteiger partial charge < -0.3 is 10.5 Å². The van der Waals surface area contributed by atoms with E-state index in [9.17, 15) is 8.78 Å². The zero-order valence-corrected chi connectivity index (χ0v) is 12.7. The highest BCUT2D eigenvalue weighted by molar-refractivity contribution is 9.11. The summed E-state index contributed by atoms with van der Waals surface area (Å²) in [7, 11) is 1.35. The van der Waals surface area contributed by atoms with Crippen molar-refractivity contribution in [3.63, 3.8) is 0 Å². The first kappa shape index (κ1) is 14.4. The SMILES string of the molecule is COc1cc(F)c(C(N)c2cc(C)c(Br)s2)c(F)c1. The number of rotatable bonds is 3. The van der Waals surface area contributed by atoms with Gasteiger partial charge in [-0.15, -0.1) is 11.3 Å². The molecule has 2 nitrogen and oxygen atoms in total. The number of ether oxygens (including phenoxy) is 1. The van der Waals surface area contributed by atoms with Crippen LogP contribution in [0.2, 0.25) is 0 Å². The van der Waals surface area contributed by atoms with E-state index in [1.54, 1.807) is 0 Å². The minimum absolute atomic E-state index is 0.134. The third kappa shape index (κ3) is 2.80. The second kappa shape index (κ2) is 5.56. The summed E-state index contributed by atoms with van der Waals surface area (Å²) in [5.74, 6) is -1.27. The lowest BCUT2D eigenvalue weighted by molar-refractivity contribution is 0.404. The van der Waals surface area contributed by atoms with Gasteiger partial charge in [0.05, 0.1) is 16.9 Å². The van der Waals surface area contributed by atoms with Gasteiger partial charge >= 0.3 is 0 Å². The van der Waals surface area contributed by atoms with Crippen LogP contribution >= 0.6 is 27.3 Å². The lowest BCUT2D eigenvalue weighted by Crippen LogP contribution is -2.14. The van der Waals surface area contributed by atoms with Crippen molar-refractivity contribution in [1.82, 2.24) is 0 Å². The molecule has 0 spiro atoms. The highest BCUT2D eigenvalue weighted by Gasteiger charge is 2.22. The van der Waals surface area contributed by atoms with Crippen LogP contribution in [0.5, 0.6) is 5.75 Å². The molecule has 1 aromatic carbocycles. The molecule has 0 saturated heterocycles. The summed E-state index contributed by atoms with van der Waals surface area (Å²) in [4.78, 5) is 0.701. The molecule has 102 valence electrons. The molecule has 0 fully saturated rings. The maximum absolute atomic E-state index is 13.9. The van der Waals surface area contributed by atoms with Crippen molar-refractivity contribution in [3.05, 3.63) is 49.6 Å². The van der Waals surface area contributed by atoms with Crippen LogP contribution in [0.3, 0.4) is 0 Å². The molecule has 0 amide bonds. The van der Waals surface area contributed by atoms with Crippen LogP contribution in [0.15, 0.2) is 22.0 Å². The second-order valence-electron chi connectivity index (χ2n) is 4.09. The molecule has 0 saturated carbocycles. The van der Waals surface area contributed by atoms with Gasteiger partial charge in [0.15, 0.2) is 0 Å². The molecule has 2 N–H and O–H groups in total. The van der Waals surface area contributed by atoms with Crippen LogP contribution < -0.4 is 10.5 Å². The minimum Gasteiger partial charge on any atom is -0.497 e. The van der Waals surface area contributed by atoms with E-state index in [4.69, 9.17) is 10.5 Å². The van der Waals surface area contributed by atoms with Crippen LogP contribution in [-0.2, 0) is 0 Å². The zero-order chi connectivity index (χ0) is 14.2. The lowest BCUT2D eigenvalue weighted by Gasteiger charge is -2.13. The summed E-state index contributed by atoms with van der Waals surface area (Å²) in [6, 6.07) is 3.25. The molecule has 1 atom stereocenters. The highest BCUT2D eigenvalue weighted by Crippen LogP contribution is 2.35. The van der Waals surface area contributed by atoms with Crippen molar-refractivity contribution in [2.24, 2.45) is 5.73 Å². The summed E-state index contributed by atoms with van der Waals surface area (Å²) >= 11 is 4.74. The molecule has 0 aliphatic rings. The van der Waals surface area contributed by atoms with Gasteiger partial charge in [-0.05, 0) is 34.5 Å². The standard InChI is InChI=1S/C13H12BrF2NOS/c1-6-3-10(19-13(6)14)12(17)11-8(15)4-7(18-2)5-9(11)16/h3-5,12H,17H2,1-2H3. The number of halogens is 3. The predicted octanol–water partition coefficient (Wildman–Crippen LogP) is 4.15. The minimum atomic E-state index is -0.832. The number of methoxy groups -OCH3 is 1. The third-order valence-corrected chi connectivity index (χ3v) is 5.00. The van der Waals surface area contributed by atoms with Gasteiger partial charge in [0.2, 0.25) is 0 Å². The average molecular weight is 348 g/mol. The Balaban J connectivity index is 2.46. The molecule has 1 unspecified atom stereocenters. The Kier molecular flexibility index (Phi) is 4.23. The van der Waals surface area contributed by atoms with E-state index in [0.29, 0.717) is 4.88 Å². The molecule has 0 radical (unpaired) electrons. The molecule has 0 aliphatic carbocycles. The van der Waals surface area contributed by atoms with Gasteiger partial charge in [0.25, 0.3) is 0 Å². The summed E-state index contributed by atoms with van der Waals surface area (Å²) in [5, 5.41) is 0. The van der Waals surface area contributed by atoms with E-state index >= 15 is 0 Å². The van der Waals surface area contributed by atoms with Crippen molar-refractivity contribution in [2.45, 2.75) is 13.0 Å². The summed E-state index contributed by atoms with van der Waals surface area (Å²) in [5.41, 5.74) is 6.81. The Morgan fingerprint density at radius 1 is 1.26 bits per heavy atom. The third-order valence-electron chi connectivity index (χ3n) is 2.78. The van der Waals surface area contributed by atoms with Crippen LogP contribution in [0.25, 0.3) is 0 Å². The number of benzene rings is 1.